The van der Waals surface area contributed by atoms with E-state index >= 15 is 0 Å². The molecule has 21 heavy (non-hydrogen) atoms. The summed E-state index contributed by atoms with van der Waals surface area (Å²) in [6.45, 7) is 4.73. The van der Waals surface area contributed by atoms with Crippen molar-refractivity contribution < 1.29 is 0 Å². The summed E-state index contributed by atoms with van der Waals surface area (Å²) in [6, 6.07) is 6.43. The molecule has 0 spiro atoms. The van der Waals surface area contributed by atoms with Crippen molar-refractivity contribution in [2.24, 2.45) is 5.41 Å². The molecule has 0 N–H and O–H groups in total. The van der Waals surface area contributed by atoms with E-state index < -0.39 is 0 Å². The van der Waals surface area contributed by atoms with Crippen molar-refractivity contribution >= 4 is 34.2 Å². The van der Waals surface area contributed by atoms with Gasteiger partial charge in [-0.1, -0.05) is 44.4 Å². The highest BCUT2D eigenvalue weighted by atomic mass is 35.5. The van der Waals surface area contributed by atoms with Gasteiger partial charge in [0.25, 0.3) is 0 Å². The van der Waals surface area contributed by atoms with Crippen molar-refractivity contribution in [2.75, 3.05) is 5.88 Å². The molecular weight excluding hydrogens is 303 g/mol. The van der Waals surface area contributed by atoms with Gasteiger partial charge in [-0.25, -0.2) is 4.98 Å². The van der Waals surface area contributed by atoms with Crippen LogP contribution in [0.2, 0.25) is 5.02 Å². The molecule has 1 aromatic carbocycles. The molecule has 1 aliphatic carbocycles. The van der Waals surface area contributed by atoms with E-state index in [1.807, 2.05) is 18.2 Å². The summed E-state index contributed by atoms with van der Waals surface area (Å²) in [5.74, 6) is 1.67. The number of imidazole rings is 1. The number of hydrogen-bond acceptors (Lipinski definition) is 1. The Balaban J connectivity index is 2.21. The van der Waals surface area contributed by atoms with Crippen molar-refractivity contribution in [3.05, 3.63) is 29.0 Å². The van der Waals surface area contributed by atoms with Gasteiger partial charge in [-0.3, -0.25) is 0 Å². The Morgan fingerprint density at radius 3 is 2.86 bits per heavy atom. The van der Waals surface area contributed by atoms with Crippen molar-refractivity contribution in [3.63, 3.8) is 0 Å². The van der Waals surface area contributed by atoms with Crippen LogP contribution < -0.4 is 0 Å². The Bertz CT molecular complexity index is 646. The normalized spacial score (nSPS) is 21.8. The van der Waals surface area contributed by atoms with Crippen LogP contribution in [0.15, 0.2) is 18.2 Å². The highest BCUT2D eigenvalue weighted by Crippen LogP contribution is 2.46. The number of halogens is 2. The number of hydrogen-bond donors (Lipinski definition) is 0. The first-order valence-electron chi connectivity index (χ1n) is 7.76. The number of rotatable bonds is 3. The molecule has 4 heteroatoms. The van der Waals surface area contributed by atoms with Crippen LogP contribution in [0.4, 0.5) is 0 Å². The van der Waals surface area contributed by atoms with Gasteiger partial charge in [0.05, 0.1) is 16.1 Å². The molecule has 2 nitrogen and oxygen atoms in total. The zero-order valence-electron chi connectivity index (χ0n) is 12.7. The minimum atomic E-state index is 0.270. The molecule has 0 radical (unpaired) electrons. The maximum absolute atomic E-state index is 6.49. The molecule has 0 bridgehead atoms. The van der Waals surface area contributed by atoms with Gasteiger partial charge in [0.1, 0.15) is 5.82 Å². The number of para-hydroxylation sites is 1. The van der Waals surface area contributed by atoms with Crippen LogP contribution in [0, 0.1) is 5.41 Å². The lowest BCUT2D eigenvalue weighted by molar-refractivity contribution is 0.145. The highest BCUT2D eigenvalue weighted by molar-refractivity contribution is 6.35. The molecule has 1 heterocycles. The van der Waals surface area contributed by atoms with Gasteiger partial charge >= 0.3 is 0 Å². The second-order valence-corrected chi connectivity index (χ2v) is 7.48. The molecule has 3 rings (SSSR count). The van der Waals surface area contributed by atoms with Crippen LogP contribution in [0.3, 0.4) is 0 Å². The molecule has 1 unspecified atom stereocenters. The standard InChI is InChI=1S/C17H22Cl2N2/c1-17(2)10-4-3-8-14(17)21-15(9-11-18)20-13-7-5-6-12(19)16(13)21/h5-7,14H,3-4,8-11H2,1-2H3. The summed E-state index contributed by atoms with van der Waals surface area (Å²) in [5, 5.41) is 0.794. The van der Waals surface area contributed by atoms with E-state index in [2.05, 4.69) is 18.4 Å². The Hall–Kier alpha value is -0.730. The third kappa shape index (κ3) is 2.68. The minimum Gasteiger partial charge on any atom is -0.323 e. The van der Waals surface area contributed by atoms with Crippen molar-refractivity contribution in [1.82, 2.24) is 9.55 Å². The molecular formula is C17H22Cl2N2. The van der Waals surface area contributed by atoms with Crippen LogP contribution in [0.25, 0.3) is 11.0 Å². The fourth-order valence-corrected chi connectivity index (χ4v) is 4.14. The van der Waals surface area contributed by atoms with E-state index in [1.165, 1.54) is 25.7 Å². The molecule has 0 saturated heterocycles. The summed E-state index contributed by atoms with van der Waals surface area (Å²) in [6.07, 6.45) is 5.83. The fraction of sp³-hybridized carbons (Fsp3) is 0.588. The first kappa shape index (κ1) is 15.2. The lowest BCUT2D eigenvalue weighted by Crippen LogP contribution is -2.31. The average Bonchev–Trinajstić information content (AvgIpc) is 2.78. The number of aromatic nitrogens is 2. The number of aryl methyl sites for hydroxylation is 1. The van der Waals surface area contributed by atoms with Gasteiger partial charge < -0.3 is 4.57 Å². The van der Waals surface area contributed by atoms with E-state index in [9.17, 15) is 0 Å². The molecule has 1 fully saturated rings. The summed E-state index contributed by atoms with van der Waals surface area (Å²) in [7, 11) is 0. The van der Waals surface area contributed by atoms with Crippen LogP contribution in [-0.4, -0.2) is 15.4 Å². The first-order chi connectivity index (χ1) is 10.0. The first-order valence-corrected chi connectivity index (χ1v) is 8.67. The topological polar surface area (TPSA) is 17.8 Å². The molecule has 2 aromatic rings. The number of benzene rings is 1. The Kier molecular flexibility index (Phi) is 4.20. The second-order valence-electron chi connectivity index (χ2n) is 6.69. The number of nitrogens with zero attached hydrogens (tertiary/aromatic N) is 2. The molecule has 0 amide bonds. The predicted molar refractivity (Wildman–Crippen MR) is 90.5 cm³/mol. The minimum absolute atomic E-state index is 0.270. The van der Waals surface area contributed by atoms with E-state index in [0.29, 0.717) is 11.9 Å². The largest absolute Gasteiger partial charge is 0.323 e. The SMILES string of the molecule is CC1(C)CCCCC1n1c(CCCl)nc2cccc(Cl)c21. The van der Waals surface area contributed by atoms with E-state index in [-0.39, 0.29) is 5.41 Å². The maximum Gasteiger partial charge on any atom is 0.111 e. The number of alkyl halides is 1. The molecule has 1 aliphatic rings. The Labute approximate surface area is 136 Å². The van der Waals surface area contributed by atoms with E-state index in [0.717, 1.165) is 28.3 Å². The summed E-state index contributed by atoms with van der Waals surface area (Å²) in [4.78, 5) is 4.80. The fourth-order valence-electron chi connectivity index (χ4n) is 3.71. The van der Waals surface area contributed by atoms with Crippen LogP contribution in [0.5, 0.6) is 0 Å². The van der Waals surface area contributed by atoms with Gasteiger partial charge in [0, 0.05) is 18.3 Å². The van der Waals surface area contributed by atoms with Crippen LogP contribution in [0.1, 0.15) is 51.4 Å². The molecule has 0 aliphatic heterocycles. The quantitative estimate of drug-likeness (QED) is 0.670. The van der Waals surface area contributed by atoms with Gasteiger partial charge in [0.15, 0.2) is 0 Å². The predicted octanol–water partition coefficient (Wildman–Crippen LogP) is 5.61. The monoisotopic (exact) mass is 324 g/mol. The van der Waals surface area contributed by atoms with Crippen LogP contribution >= 0.6 is 23.2 Å². The zero-order chi connectivity index (χ0) is 15.0. The average molecular weight is 325 g/mol. The Morgan fingerprint density at radius 2 is 2.14 bits per heavy atom. The third-order valence-electron chi connectivity index (χ3n) is 4.81. The van der Waals surface area contributed by atoms with Crippen molar-refractivity contribution in [1.29, 1.82) is 0 Å². The second kappa shape index (κ2) is 5.81. The maximum atomic E-state index is 6.49. The molecule has 114 valence electrons. The molecule has 1 atom stereocenters. The van der Waals surface area contributed by atoms with Gasteiger partial charge in [-0.05, 0) is 30.4 Å². The summed E-state index contributed by atoms with van der Waals surface area (Å²) >= 11 is 12.5. The van der Waals surface area contributed by atoms with Gasteiger partial charge in [0.2, 0.25) is 0 Å². The number of fused-ring (bicyclic) bond motifs is 1. The summed E-state index contributed by atoms with van der Waals surface area (Å²) in [5.41, 5.74) is 2.34. The van der Waals surface area contributed by atoms with Crippen molar-refractivity contribution in [2.45, 2.75) is 52.0 Å². The van der Waals surface area contributed by atoms with Crippen molar-refractivity contribution in [3.8, 4) is 0 Å². The molecule has 1 saturated carbocycles. The molecule has 1 aromatic heterocycles. The van der Waals surface area contributed by atoms with Gasteiger partial charge in [-0.2, -0.15) is 0 Å². The highest BCUT2D eigenvalue weighted by Gasteiger charge is 2.35. The van der Waals surface area contributed by atoms with E-state index in [1.54, 1.807) is 0 Å². The smallest absolute Gasteiger partial charge is 0.111 e. The lowest BCUT2D eigenvalue weighted by Gasteiger charge is -2.40. The van der Waals surface area contributed by atoms with E-state index in [4.69, 9.17) is 28.2 Å². The summed E-state index contributed by atoms with van der Waals surface area (Å²) < 4.78 is 2.39. The van der Waals surface area contributed by atoms with Gasteiger partial charge in [-0.15, -0.1) is 11.6 Å². The van der Waals surface area contributed by atoms with Crippen LogP contribution in [-0.2, 0) is 6.42 Å². The third-order valence-corrected chi connectivity index (χ3v) is 5.31. The lowest BCUT2D eigenvalue weighted by atomic mass is 9.73. The zero-order valence-corrected chi connectivity index (χ0v) is 14.2. The Morgan fingerprint density at radius 1 is 1.33 bits per heavy atom.